The maximum Gasteiger partial charge on any atom is 0.245 e. The first kappa shape index (κ1) is 13.9. The number of nitrogens with zero attached hydrogens (tertiary/aromatic N) is 1. The van der Waals surface area contributed by atoms with E-state index in [-0.39, 0.29) is 15.3 Å². The Bertz CT molecular complexity index is 638. The fraction of sp³-hybridized carbons (Fsp3) is 0.500. The van der Waals surface area contributed by atoms with Crippen molar-refractivity contribution >= 4 is 44.6 Å². The Morgan fingerprint density at radius 2 is 2.05 bits per heavy atom. The zero-order valence-electron chi connectivity index (χ0n) is 10.2. The van der Waals surface area contributed by atoms with Gasteiger partial charge in [-0.15, -0.1) is 11.3 Å². The van der Waals surface area contributed by atoms with Crippen LogP contribution in [0.5, 0.6) is 0 Å². The summed E-state index contributed by atoms with van der Waals surface area (Å²) in [7, 11) is -1.93. The molecule has 19 heavy (non-hydrogen) atoms. The first-order chi connectivity index (χ1) is 8.89. The predicted molar refractivity (Wildman–Crippen MR) is 78.4 cm³/mol. The van der Waals surface area contributed by atoms with Crippen LogP contribution in [0.2, 0.25) is 8.67 Å². The maximum atomic E-state index is 12.6. The highest BCUT2D eigenvalue weighted by atomic mass is 35.5. The molecule has 2 aliphatic carbocycles. The van der Waals surface area contributed by atoms with E-state index in [0.29, 0.717) is 16.2 Å². The lowest BCUT2D eigenvalue weighted by Crippen LogP contribution is -2.39. The Kier molecular flexibility index (Phi) is 3.47. The van der Waals surface area contributed by atoms with Crippen LogP contribution >= 0.6 is 34.5 Å². The number of rotatable bonds is 3. The summed E-state index contributed by atoms with van der Waals surface area (Å²) in [6, 6.07) is 1.47. The van der Waals surface area contributed by atoms with Crippen LogP contribution in [0, 0.1) is 11.8 Å². The monoisotopic (exact) mass is 337 g/mol. The van der Waals surface area contributed by atoms with Gasteiger partial charge in [0, 0.05) is 13.1 Å². The zero-order chi connectivity index (χ0) is 13.8. The lowest BCUT2D eigenvalue weighted by molar-refractivity contribution is 0.327. The number of thiophene rings is 1. The van der Waals surface area contributed by atoms with E-state index in [1.54, 1.807) is 7.05 Å². The molecule has 1 saturated carbocycles. The van der Waals surface area contributed by atoms with E-state index in [2.05, 4.69) is 12.2 Å². The average molecular weight is 338 g/mol. The van der Waals surface area contributed by atoms with Gasteiger partial charge in [-0.2, -0.15) is 4.31 Å². The van der Waals surface area contributed by atoms with E-state index in [0.717, 1.165) is 24.2 Å². The average Bonchev–Trinajstić information content (AvgIpc) is 3.03. The van der Waals surface area contributed by atoms with Crippen molar-refractivity contribution < 1.29 is 8.42 Å². The van der Waals surface area contributed by atoms with Crippen molar-refractivity contribution in [3.8, 4) is 0 Å². The number of halogens is 2. The van der Waals surface area contributed by atoms with Crippen molar-refractivity contribution in [1.29, 1.82) is 0 Å². The summed E-state index contributed by atoms with van der Waals surface area (Å²) in [5.74, 6) is 0.854. The second kappa shape index (κ2) is 4.74. The molecule has 0 aliphatic heterocycles. The largest absolute Gasteiger partial charge is 0.245 e. The molecule has 0 unspecified atom stereocenters. The molecule has 1 fully saturated rings. The summed E-state index contributed by atoms with van der Waals surface area (Å²) in [6.07, 6.45) is 6.28. The third kappa shape index (κ3) is 2.25. The molecule has 104 valence electrons. The lowest BCUT2D eigenvalue weighted by Gasteiger charge is -2.28. The Balaban J connectivity index is 1.92. The maximum absolute atomic E-state index is 12.6. The zero-order valence-corrected chi connectivity index (χ0v) is 13.4. The molecule has 0 N–H and O–H groups in total. The minimum Gasteiger partial charge on any atom is -0.207 e. The van der Waals surface area contributed by atoms with Gasteiger partial charge in [-0.1, -0.05) is 35.4 Å². The fourth-order valence-electron chi connectivity index (χ4n) is 3.00. The van der Waals surface area contributed by atoms with Gasteiger partial charge in [-0.25, -0.2) is 8.42 Å². The van der Waals surface area contributed by atoms with Crippen molar-refractivity contribution in [1.82, 2.24) is 4.31 Å². The Morgan fingerprint density at radius 3 is 2.53 bits per heavy atom. The van der Waals surface area contributed by atoms with E-state index < -0.39 is 10.0 Å². The SMILES string of the molecule is CN([C@H]1C[C@@H]2C=C[C@@H]1C2)S(=O)(=O)c1cc(Cl)sc1Cl. The lowest BCUT2D eigenvalue weighted by atomic mass is 10.0. The molecule has 1 aromatic heterocycles. The minimum absolute atomic E-state index is 0.0368. The van der Waals surface area contributed by atoms with E-state index >= 15 is 0 Å². The van der Waals surface area contributed by atoms with Crippen molar-refractivity contribution in [3.05, 3.63) is 26.9 Å². The van der Waals surface area contributed by atoms with Crippen LogP contribution in [-0.4, -0.2) is 25.8 Å². The van der Waals surface area contributed by atoms with Crippen molar-refractivity contribution in [2.45, 2.75) is 23.8 Å². The molecule has 3 nitrogen and oxygen atoms in total. The van der Waals surface area contributed by atoms with Crippen LogP contribution < -0.4 is 0 Å². The summed E-state index contributed by atoms with van der Waals surface area (Å²) in [5.41, 5.74) is 0. The van der Waals surface area contributed by atoms with Crippen molar-refractivity contribution in [3.63, 3.8) is 0 Å². The van der Waals surface area contributed by atoms with Gasteiger partial charge < -0.3 is 0 Å². The summed E-state index contributed by atoms with van der Waals surface area (Å²) in [5, 5.41) is 0. The first-order valence-corrected chi connectivity index (χ1v) is 9.02. The molecule has 0 radical (unpaired) electrons. The Hall–Kier alpha value is -0.0700. The van der Waals surface area contributed by atoms with Crippen LogP contribution in [0.1, 0.15) is 12.8 Å². The molecule has 0 aromatic carbocycles. The summed E-state index contributed by atoms with van der Waals surface area (Å²) < 4.78 is 27.3. The van der Waals surface area contributed by atoms with E-state index in [9.17, 15) is 8.42 Å². The van der Waals surface area contributed by atoms with Gasteiger partial charge in [0.25, 0.3) is 0 Å². The quantitative estimate of drug-likeness (QED) is 0.789. The highest BCUT2D eigenvalue weighted by Crippen LogP contribution is 2.44. The number of allylic oxidation sites excluding steroid dienone is 1. The second-order valence-electron chi connectivity index (χ2n) is 5.06. The molecule has 2 bridgehead atoms. The van der Waals surface area contributed by atoms with E-state index in [4.69, 9.17) is 23.2 Å². The van der Waals surface area contributed by atoms with E-state index in [1.807, 2.05) is 0 Å². The van der Waals surface area contributed by atoms with Crippen LogP contribution in [0.25, 0.3) is 0 Å². The van der Waals surface area contributed by atoms with Gasteiger partial charge in [0.05, 0.1) is 4.34 Å². The molecular formula is C12H13Cl2NO2S2. The van der Waals surface area contributed by atoms with Gasteiger partial charge >= 0.3 is 0 Å². The molecule has 1 aromatic rings. The van der Waals surface area contributed by atoms with Crippen LogP contribution in [0.4, 0.5) is 0 Å². The summed E-state index contributed by atoms with van der Waals surface area (Å²) >= 11 is 12.9. The summed E-state index contributed by atoms with van der Waals surface area (Å²) in [4.78, 5) is 0.124. The van der Waals surface area contributed by atoms with Crippen molar-refractivity contribution in [2.75, 3.05) is 7.05 Å². The van der Waals surface area contributed by atoms with Crippen LogP contribution in [0.15, 0.2) is 23.1 Å². The molecule has 0 amide bonds. The van der Waals surface area contributed by atoms with Crippen LogP contribution in [0.3, 0.4) is 0 Å². The third-order valence-electron chi connectivity index (χ3n) is 3.99. The topological polar surface area (TPSA) is 37.4 Å². The summed E-state index contributed by atoms with van der Waals surface area (Å²) in [6.45, 7) is 0. The molecule has 0 saturated heterocycles. The normalized spacial score (nSPS) is 29.6. The minimum atomic E-state index is -3.56. The molecule has 7 heteroatoms. The van der Waals surface area contributed by atoms with Crippen molar-refractivity contribution in [2.24, 2.45) is 11.8 Å². The molecule has 3 atom stereocenters. The van der Waals surface area contributed by atoms with Gasteiger partial charge in [-0.3, -0.25) is 0 Å². The first-order valence-electron chi connectivity index (χ1n) is 6.01. The Labute approximate surface area is 126 Å². The number of hydrogen-bond acceptors (Lipinski definition) is 3. The van der Waals surface area contributed by atoms with Gasteiger partial charge in [0.2, 0.25) is 10.0 Å². The number of sulfonamides is 1. The Morgan fingerprint density at radius 1 is 1.32 bits per heavy atom. The number of fused-ring (bicyclic) bond motifs is 2. The standard InChI is InChI=1S/C12H13Cl2NO2S2/c1-15(9-5-7-2-3-8(9)4-7)19(16,17)10-6-11(13)18-12(10)14/h2-3,6-9H,4-5H2,1H3/t7-,8-,9+/m1/s1. The molecule has 3 rings (SSSR count). The number of hydrogen-bond donors (Lipinski definition) is 0. The fourth-order valence-corrected chi connectivity index (χ4v) is 6.53. The van der Waals surface area contributed by atoms with Gasteiger partial charge in [0.15, 0.2) is 0 Å². The molecule has 0 spiro atoms. The van der Waals surface area contributed by atoms with Gasteiger partial charge in [0.1, 0.15) is 9.23 Å². The third-order valence-corrected chi connectivity index (χ3v) is 7.63. The molecule has 1 heterocycles. The van der Waals surface area contributed by atoms with Crippen LogP contribution in [-0.2, 0) is 10.0 Å². The highest BCUT2D eigenvalue weighted by Gasteiger charge is 2.42. The second-order valence-corrected chi connectivity index (χ2v) is 9.31. The van der Waals surface area contributed by atoms with Gasteiger partial charge in [-0.05, 0) is 30.7 Å². The van der Waals surface area contributed by atoms with E-state index in [1.165, 1.54) is 10.4 Å². The molecular weight excluding hydrogens is 325 g/mol. The smallest absolute Gasteiger partial charge is 0.207 e. The highest BCUT2D eigenvalue weighted by molar-refractivity contribution is 7.89. The predicted octanol–water partition coefficient (Wildman–Crippen LogP) is 3.64. The molecule has 2 aliphatic rings.